The average molecular weight is 469 g/mol. The summed E-state index contributed by atoms with van der Waals surface area (Å²) >= 11 is 0. The molecule has 0 aliphatic heterocycles. The van der Waals surface area contributed by atoms with Crippen LogP contribution in [0.15, 0.2) is 54.6 Å². The van der Waals surface area contributed by atoms with Gasteiger partial charge < -0.3 is 9.47 Å². The maximum atomic E-state index is 15.0. The molecule has 1 saturated carbocycles. The molecule has 0 amide bonds. The smallest absolute Gasteiger partial charge is 0.166 e. The maximum absolute atomic E-state index is 15.0. The van der Waals surface area contributed by atoms with Crippen molar-refractivity contribution < 1.29 is 22.6 Å². The predicted octanol–water partition coefficient (Wildman–Crippen LogP) is 8.18. The zero-order chi connectivity index (χ0) is 24.1. The largest absolute Gasteiger partial charge is 0.486 e. The van der Waals surface area contributed by atoms with Crippen molar-refractivity contribution in [2.75, 3.05) is 6.61 Å². The van der Waals surface area contributed by atoms with E-state index in [9.17, 15) is 13.2 Å². The zero-order valence-corrected chi connectivity index (χ0v) is 19.8. The molecular weight excluding hydrogens is 437 g/mol. The summed E-state index contributed by atoms with van der Waals surface area (Å²) in [5, 5.41) is 0. The molecule has 2 nitrogen and oxygen atoms in total. The molecule has 0 atom stereocenters. The third kappa shape index (κ3) is 5.64. The second-order valence-electron chi connectivity index (χ2n) is 9.17. The van der Waals surface area contributed by atoms with Crippen molar-refractivity contribution in [2.45, 2.75) is 58.7 Å². The van der Waals surface area contributed by atoms with Gasteiger partial charge in [-0.1, -0.05) is 62.2 Å². The summed E-state index contributed by atoms with van der Waals surface area (Å²) in [5.74, 6) is -1.07. The van der Waals surface area contributed by atoms with E-state index in [4.69, 9.17) is 9.47 Å². The molecule has 0 spiro atoms. The SMILES string of the molecule is CCOCc1ccc(OCc2ccc(-c3ccc(C4CCC(C)CC4)c(F)c3F)cc2)c(F)c1. The van der Waals surface area contributed by atoms with Crippen molar-refractivity contribution >= 4 is 0 Å². The summed E-state index contributed by atoms with van der Waals surface area (Å²) in [6, 6.07) is 15.2. The molecule has 3 aromatic rings. The molecule has 0 N–H and O–H groups in total. The summed E-state index contributed by atoms with van der Waals surface area (Å²) in [6.45, 7) is 5.18. The fourth-order valence-corrected chi connectivity index (χ4v) is 4.59. The highest BCUT2D eigenvalue weighted by Gasteiger charge is 2.25. The molecule has 0 radical (unpaired) electrons. The molecule has 4 rings (SSSR count). The van der Waals surface area contributed by atoms with Gasteiger partial charge in [0.15, 0.2) is 23.2 Å². The summed E-state index contributed by atoms with van der Waals surface area (Å²) in [5.41, 5.74) is 2.88. The maximum Gasteiger partial charge on any atom is 0.166 e. The van der Waals surface area contributed by atoms with Crippen LogP contribution in [0.3, 0.4) is 0 Å². The van der Waals surface area contributed by atoms with Crippen LogP contribution in [-0.4, -0.2) is 6.61 Å². The highest BCUT2D eigenvalue weighted by molar-refractivity contribution is 5.65. The van der Waals surface area contributed by atoms with E-state index in [1.807, 2.05) is 6.92 Å². The lowest BCUT2D eigenvalue weighted by Crippen LogP contribution is -2.13. The quantitative estimate of drug-likeness (QED) is 0.332. The third-order valence-corrected chi connectivity index (χ3v) is 6.70. The summed E-state index contributed by atoms with van der Waals surface area (Å²) in [6.07, 6.45) is 3.92. The number of benzene rings is 3. The van der Waals surface area contributed by atoms with Gasteiger partial charge >= 0.3 is 0 Å². The molecule has 3 aromatic carbocycles. The summed E-state index contributed by atoms with van der Waals surface area (Å²) < 4.78 is 55.0. The van der Waals surface area contributed by atoms with Gasteiger partial charge in [0.05, 0.1) is 6.61 Å². The van der Waals surface area contributed by atoms with E-state index >= 15 is 0 Å². The minimum Gasteiger partial charge on any atom is -0.486 e. The molecule has 5 heteroatoms. The number of hydrogen-bond donors (Lipinski definition) is 0. The first kappa shape index (κ1) is 24.3. The van der Waals surface area contributed by atoms with Crippen LogP contribution in [0.1, 0.15) is 62.1 Å². The molecule has 34 heavy (non-hydrogen) atoms. The Kier molecular flexibility index (Phi) is 7.94. The van der Waals surface area contributed by atoms with Gasteiger partial charge in [-0.05, 0) is 66.0 Å². The Bertz CT molecular complexity index is 1100. The normalized spacial score (nSPS) is 18.1. The van der Waals surface area contributed by atoms with Crippen molar-refractivity contribution in [2.24, 2.45) is 5.92 Å². The lowest BCUT2D eigenvalue weighted by molar-refractivity contribution is 0.133. The van der Waals surface area contributed by atoms with Crippen LogP contribution in [0.4, 0.5) is 13.2 Å². The topological polar surface area (TPSA) is 18.5 Å². The Balaban J connectivity index is 1.42. The Labute approximate surface area is 199 Å². The third-order valence-electron chi connectivity index (χ3n) is 6.70. The van der Waals surface area contributed by atoms with Gasteiger partial charge in [-0.3, -0.25) is 0 Å². The fraction of sp³-hybridized carbons (Fsp3) is 0.379. The van der Waals surface area contributed by atoms with Crippen LogP contribution in [0.25, 0.3) is 11.1 Å². The molecule has 0 unspecified atom stereocenters. The second-order valence-corrected chi connectivity index (χ2v) is 9.17. The number of rotatable bonds is 8. The van der Waals surface area contributed by atoms with E-state index in [1.54, 1.807) is 48.5 Å². The second kappa shape index (κ2) is 11.1. The van der Waals surface area contributed by atoms with E-state index in [-0.39, 0.29) is 23.8 Å². The van der Waals surface area contributed by atoms with Crippen LogP contribution < -0.4 is 4.74 Å². The van der Waals surface area contributed by atoms with Crippen LogP contribution in [0, 0.1) is 23.4 Å². The Morgan fingerprint density at radius 1 is 0.794 bits per heavy atom. The van der Waals surface area contributed by atoms with Crippen molar-refractivity contribution in [1.29, 1.82) is 0 Å². The van der Waals surface area contributed by atoms with Crippen molar-refractivity contribution in [1.82, 2.24) is 0 Å². The first-order valence-electron chi connectivity index (χ1n) is 12.0. The molecule has 0 aromatic heterocycles. The molecule has 1 aliphatic rings. The van der Waals surface area contributed by atoms with E-state index in [0.717, 1.165) is 36.8 Å². The number of ether oxygens (including phenoxy) is 2. The Hall–Kier alpha value is -2.79. The monoisotopic (exact) mass is 468 g/mol. The summed E-state index contributed by atoms with van der Waals surface area (Å²) in [4.78, 5) is 0. The molecule has 1 aliphatic carbocycles. The minimum absolute atomic E-state index is 0.0907. The zero-order valence-electron chi connectivity index (χ0n) is 19.8. The van der Waals surface area contributed by atoms with Crippen molar-refractivity contribution in [3.05, 3.63) is 88.7 Å². The van der Waals surface area contributed by atoms with E-state index in [1.165, 1.54) is 6.07 Å². The lowest BCUT2D eigenvalue weighted by Gasteiger charge is -2.27. The van der Waals surface area contributed by atoms with Gasteiger partial charge in [0.2, 0.25) is 0 Å². The molecule has 1 fully saturated rings. The van der Waals surface area contributed by atoms with Gasteiger partial charge in [0.25, 0.3) is 0 Å². The molecule has 0 bridgehead atoms. The Morgan fingerprint density at radius 2 is 1.50 bits per heavy atom. The highest BCUT2D eigenvalue weighted by Crippen LogP contribution is 2.38. The first-order valence-corrected chi connectivity index (χ1v) is 12.0. The summed E-state index contributed by atoms with van der Waals surface area (Å²) in [7, 11) is 0. The Morgan fingerprint density at radius 3 is 2.18 bits per heavy atom. The standard InChI is InChI=1S/C29H31F3O2/c1-3-33-17-21-8-15-27(26(30)16-21)34-18-20-6-11-23(12-7-20)25-14-13-24(28(31)29(25)32)22-9-4-19(2)5-10-22/h6-8,11-16,19,22H,3-5,9-10,17-18H2,1-2H3. The first-order chi connectivity index (χ1) is 16.5. The number of hydrogen-bond acceptors (Lipinski definition) is 2. The van der Waals surface area contributed by atoms with Crippen LogP contribution in [0.2, 0.25) is 0 Å². The minimum atomic E-state index is -0.797. The van der Waals surface area contributed by atoms with E-state index in [2.05, 4.69) is 6.92 Å². The predicted molar refractivity (Wildman–Crippen MR) is 128 cm³/mol. The van der Waals surface area contributed by atoms with Crippen LogP contribution in [-0.2, 0) is 18.0 Å². The highest BCUT2D eigenvalue weighted by atomic mass is 19.2. The molecule has 0 heterocycles. The van der Waals surface area contributed by atoms with E-state index in [0.29, 0.717) is 30.3 Å². The van der Waals surface area contributed by atoms with E-state index < -0.39 is 17.5 Å². The van der Waals surface area contributed by atoms with Gasteiger partial charge in [-0.2, -0.15) is 0 Å². The van der Waals surface area contributed by atoms with Gasteiger partial charge in [0.1, 0.15) is 6.61 Å². The van der Waals surface area contributed by atoms with Crippen molar-refractivity contribution in [3.63, 3.8) is 0 Å². The van der Waals surface area contributed by atoms with Crippen molar-refractivity contribution in [3.8, 4) is 16.9 Å². The number of halogens is 3. The van der Waals surface area contributed by atoms with Gasteiger partial charge in [-0.15, -0.1) is 0 Å². The fourth-order valence-electron chi connectivity index (χ4n) is 4.59. The van der Waals surface area contributed by atoms with Gasteiger partial charge in [0, 0.05) is 12.2 Å². The van der Waals surface area contributed by atoms with Crippen LogP contribution >= 0.6 is 0 Å². The lowest BCUT2D eigenvalue weighted by atomic mass is 9.79. The molecule has 0 saturated heterocycles. The average Bonchev–Trinajstić information content (AvgIpc) is 2.85. The van der Waals surface area contributed by atoms with Gasteiger partial charge in [-0.25, -0.2) is 13.2 Å². The molecular formula is C29H31F3O2. The van der Waals surface area contributed by atoms with Crippen LogP contribution in [0.5, 0.6) is 5.75 Å². The molecule has 180 valence electrons.